The molecule has 0 atom stereocenters. The van der Waals surface area contributed by atoms with Crippen LogP contribution in [-0.4, -0.2) is 53.5 Å². The van der Waals surface area contributed by atoms with Crippen LogP contribution in [-0.2, 0) is 4.79 Å². The van der Waals surface area contributed by atoms with Crippen molar-refractivity contribution in [2.24, 2.45) is 0 Å². The van der Waals surface area contributed by atoms with Crippen LogP contribution in [0.3, 0.4) is 0 Å². The van der Waals surface area contributed by atoms with E-state index in [4.69, 9.17) is 4.52 Å². The molecule has 0 N–H and O–H groups in total. The maximum absolute atomic E-state index is 13.4. The van der Waals surface area contributed by atoms with Gasteiger partial charge in [0.15, 0.2) is 17.4 Å². The summed E-state index contributed by atoms with van der Waals surface area (Å²) >= 11 is 0. The predicted octanol–water partition coefficient (Wildman–Crippen LogP) is 1.53. The summed E-state index contributed by atoms with van der Waals surface area (Å²) in [6.07, 6.45) is 2.00. The molecule has 3 rings (SSSR count). The number of carbonyl (C=O) groups excluding carboxylic acids is 2. The minimum absolute atomic E-state index is 0.0896. The van der Waals surface area contributed by atoms with E-state index in [1.54, 1.807) is 9.80 Å². The average molecular weight is 321 g/mol. The normalized spacial score (nSPS) is 14.9. The smallest absolute Gasteiger partial charge is 0.259 e. The highest BCUT2D eigenvalue weighted by molar-refractivity contribution is 5.99. The highest BCUT2D eigenvalue weighted by atomic mass is 19.2. The van der Waals surface area contributed by atoms with E-state index >= 15 is 0 Å². The van der Waals surface area contributed by atoms with Crippen molar-refractivity contribution in [1.29, 1.82) is 0 Å². The molecule has 0 radical (unpaired) electrons. The fraction of sp³-hybridized carbons (Fsp3) is 0.267. The Morgan fingerprint density at radius 1 is 1.17 bits per heavy atom. The Bertz CT molecular complexity index is 739. The standard InChI is InChI=1S/C15H13F2N3O3/c16-12-2-1-10(7-13(12)17)14-11(8-18-23-14)15(22)20-5-3-19(9-21)4-6-20/h1-2,7-9H,3-6H2. The Kier molecular flexibility index (Phi) is 4.05. The fourth-order valence-corrected chi connectivity index (χ4v) is 2.44. The molecule has 8 heteroatoms. The van der Waals surface area contributed by atoms with Gasteiger partial charge >= 0.3 is 0 Å². The molecule has 23 heavy (non-hydrogen) atoms. The first-order valence-corrected chi connectivity index (χ1v) is 6.99. The quantitative estimate of drug-likeness (QED) is 0.804. The van der Waals surface area contributed by atoms with Crippen molar-refractivity contribution in [3.05, 3.63) is 41.6 Å². The lowest BCUT2D eigenvalue weighted by atomic mass is 10.1. The van der Waals surface area contributed by atoms with Gasteiger partial charge in [0.25, 0.3) is 5.91 Å². The van der Waals surface area contributed by atoms with Crippen LogP contribution in [0.1, 0.15) is 10.4 Å². The van der Waals surface area contributed by atoms with Crippen LogP contribution >= 0.6 is 0 Å². The average Bonchev–Trinajstić information content (AvgIpc) is 3.06. The molecular formula is C15H13F2N3O3. The van der Waals surface area contributed by atoms with E-state index < -0.39 is 11.6 Å². The zero-order chi connectivity index (χ0) is 16.4. The van der Waals surface area contributed by atoms with Crippen molar-refractivity contribution in [3.8, 4) is 11.3 Å². The third-order valence-electron chi connectivity index (χ3n) is 3.73. The number of nitrogens with zero attached hydrogens (tertiary/aromatic N) is 3. The zero-order valence-electron chi connectivity index (χ0n) is 12.0. The monoisotopic (exact) mass is 321 g/mol. The summed E-state index contributed by atoms with van der Waals surface area (Å²) in [5.74, 6) is -2.24. The third kappa shape index (κ3) is 2.92. The summed E-state index contributed by atoms with van der Waals surface area (Å²) in [7, 11) is 0. The number of benzene rings is 1. The van der Waals surface area contributed by atoms with Gasteiger partial charge in [-0.1, -0.05) is 5.16 Å². The first-order valence-electron chi connectivity index (χ1n) is 6.99. The van der Waals surface area contributed by atoms with Crippen molar-refractivity contribution in [3.63, 3.8) is 0 Å². The van der Waals surface area contributed by atoms with Crippen LogP contribution in [0.4, 0.5) is 8.78 Å². The zero-order valence-corrected chi connectivity index (χ0v) is 12.0. The first kappa shape index (κ1) is 15.1. The van der Waals surface area contributed by atoms with Crippen molar-refractivity contribution in [2.75, 3.05) is 26.2 Å². The molecule has 0 saturated carbocycles. The second kappa shape index (κ2) is 6.15. The van der Waals surface area contributed by atoms with Crippen molar-refractivity contribution in [2.45, 2.75) is 0 Å². The van der Waals surface area contributed by atoms with Gasteiger partial charge in [-0.25, -0.2) is 8.78 Å². The fourth-order valence-electron chi connectivity index (χ4n) is 2.44. The number of piperazine rings is 1. The highest BCUT2D eigenvalue weighted by Crippen LogP contribution is 2.26. The van der Waals surface area contributed by atoms with Crippen molar-refractivity contribution >= 4 is 12.3 Å². The number of hydrogen-bond acceptors (Lipinski definition) is 4. The topological polar surface area (TPSA) is 66.7 Å². The van der Waals surface area contributed by atoms with Gasteiger partial charge in [0, 0.05) is 31.7 Å². The molecule has 0 bridgehead atoms. The van der Waals surface area contributed by atoms with E-state index in [1.807, 2.05) is 0 Å². The lowest BCUT2D eigenvalue weighted by molar-refractivity contribution is -0.119. The number of amides is 2. The van der Waals surface area contributed by atoms with Gasteiger partial charge in [0.05, 0.1) is 6.20 Å². The molecule has 6 nitrogen and oxygen atoms in total. The van der Waals surface area contributed by atoms with Crippen LogP contribution in [0, 0.1) is 11.6 Å². The molecule has 2 aromatic rings. The summed E-state index contributed by atoms with van der Waals surface area (Å²) in [5.41, 5.74) is 0.409. The van der Waals surface area contributed by atoms with E-state index in [0.717, 1.165) is 18.5 Å². The van der Waals surface area contributed by atoms with E-state index in [0.29, 0.717) is 26.2 Å². The summed E-state index contributed by atoms with van der Waals surface area (Å²) in [4.78, 5) is 26.4. The van der Waals surface area contributed by atoms with Gasteiger partial charge in [0.2, 0.25) is 6.41 Å². The second-order valence-electron chi connectivity index (χ2n) is 5.13. The van der Waals surface area contributed by atoms with Crippen LogP contribution in [0.2, 0.25) is 0 Å². The maximum atomic E-state index is 13.4. The lowest BCUT2D eigenvalue weighted by Gasteiger charge is -2.32. The molecule has 1 saturated heterocycles. The van der Waals surface area contributed by atoms with Gasteiger partial charge in [-0.3, -0.25) is 9.59 Å². The summed E-state index contributed by atoms with van der Waals surface area (Å²) in [6.45, 7) is 1.67. The number of hydrogen-bond donors (Lipinski definition) is 0. The molecule has 120 valence electrons. The molecule has 1 fully saturated rings. The van der Waals surface area contributed by atoms with Crippen LogP contribution < -0.4 is 0 Å². The molecule has 2 heterocycles. The molecule has 1 aliphatic heterocycles. The SMILES string of the molecule is O=CN1CCN(C(=O)c2cnoc2-c2ccc(F)c(F)c2)CC1. The van der Waals surface area contributed by atoms with E-state index in [1.165, 1.54) is 12.3 Å². The van der Waals surface area contributed by atoms with Crippen molar-refractivity contribution in [1.82, 2.24) is 15.0 Å². The molecule has 0 aliphatic carbocycles. The Morgan fingerprint density at radius 3 is 2.57 bits per heavy atom. The van der Waals surface area contributed by atoms with E-state index in [9.17, 15) is 18.4 Å². The minimum atomic E-state index is -1.03. The van der Waals surface area contributed by atoms with Crippen molar-refractivity contribution < 1.29 is 22.9 Å². The summed E-state index contributed by atoms with van der Waals surface area (Å²) < 4.78 is 31.4. The molecule has 1 aliphatic rings. The Morgan fingerprint density at radius 2 is 1.91 bits per heavy atom. The van der Waals surface area contributed by atoms with Gasteiger partial charge < -0.3 is 14.3 Å². The Labute approximate surface area is 130 Å². The second-order valence-corrected chi connectivity index (χ2v) is 5.13. The molecule has 0 spiro atoms. The largest absolute Gasteiger partial charge is 0.355 e. The van der Waals surface area contributed by atoms with Gasteiger partial charge in [-0.05, 0) is 18.2 Å². The molecular weight excluding hydrogens is 308 g/mol. The van der Waals surface area contributed by atoms with Gasteiger partial charge in [-0.15, -0.1) is 0 Å². The Hall–Kier alpha value is -2.77. The molecule has 1 aromatic carbocycles. The van der Waals surface area contributed by atoms with Crippen LogP contribution in [0.5, 0.6) is 0 Å². The van der Waals surface area contributed by atoms with E-state index in [2.05, 4.69) is 5.16 Å². The van der Waals surface area contributed by atoms with Gasteiger partial charge in [0.1, 0.15) is 5.56 Å². The van der Waals surface area contributed by atoms with Crippen LogP contribution in [0.15, 0.2) is 28.9 Å². The lowest BCUT2D eigenvalue weighted by Crippen LogP contribution is -2.48. The number of rotatable bonds is 3. The number of carbonyl (C=O) groups is 2. The maximum Gasteiger partial charge on any atom is 0.259 e. The van der Waals surface area contributed by atoms with E-state index in [-0.39, 0.29) is 22.8 Å². The summed E-state index contributed by atoms with van der Waals surface area (Å²) in [6, 6.07) is 3.24. The molecule has 0 unspecified atom stereocenters. The highest BCUT2D eigenvalue weighted by Gasteiger charge is 2.26. The molecule has 2 amide bonds. The van der Waals surface area contributed by atoms with Crippen LogP contribution in [0.25, 0.3) is 11.3 Å². The first-order chi connectivity index (χ1) is 11.1. The number of halogens is 2. The summed E-state index contributed by atoms with van der Waals surface area (Å²) in [5, 5.41) is 3.59. The number of aromatic nitrogens is 1. The predicted molar refractivity (Wildman–Crippen MR) is 75.4 cm³/mol. The third-order valence-corrected chi connectivity index (χ3v) is 3.73. The molecule has 1 aromatic heterocycles. The Balaban J connectivity index is 1.84. The van der Waals surface area contributed by atoms with Gasteiger partial charge in [-0.2, -0.15) is 0 Å². The minimum Gasteiger partial charge on any atom is -0.355 e.